The van der Waals surface area contributed by atoms with Gasteiger partial charge in [0.2, 0.25) is 0 Å². The van der Waals surface area contributed by atoms with Gasteiger partial charge in [0.25, 0.3) is 5.91 Å². The normalized spacial score (nSPS) is 12.8. The average molecular weight is 366 g/mol. The molecule has 7 nitrogen and oxygen atoms in total. The molecular weight excluding hydrogens is 344 g/mol. The van der Waals surface area contributed by atoms with Crippen LogP contribution in [-0.2, 0) is 25.1 Å². The number of carbonyl (C=O) groups excluding carboxylic acids is 2. The Labute approximate surface area is 147 Å². The van der Waals surface area contributed by atoms with Gasteiger partial charge in [-0.15, -0.1) is 0 Å². The first kappa shape index (κ1) is 20.6. The van der Waals surface area contributed by atoms with Crippen molar-refractivity contribution >= 4 is 21.7 Å². The number of esters is 1. The summed E-state index contributed by atoms with van der Waals surface area (Å²) in [7, 11) is -3.50. The van der Waals surface area contributed by atoms with Crippen molar-refractivity contribution < 1.29 is 22.7 Å². The van der Waals surface area contributed by atoms with Gasteiger partial charge in [-0.3, -0.25) is 4.79 Å². The summed E-state index contributed by atoms with van der Waals surface area (Å²) in [5.74, 6) is -1.92. The van der Waals surface area contributed by atoms with Gasteiger partial charge < -0.3 is 10.1 Å². The summed E-state index contributed by atoms with van der Waals surface area (Å²) in [6.07, 6.45) is -0.956. The zero-order valence-corrected chi connectivity index (χ0v) is 15.5. The number of hydrogen-bond acceptors (Lipinski definition) is 6. The molecule has 0 radical (unpaired) electrons. The number of ether oxygens (including phenoxy) is 1. The summed E-state index contributed by atoms with van der Waals surface area (Å²) in [5.41, 5.74) is 0.232. The van der Waals surface area contributed by atoms with Crippen LogP contribution in [0.25, 0.3) is 0 Å². The third-order valence-corrected chi connectivity index (χ3v) is 4.35. The zero-order chi connectivity index (χ0) is 19.3. The highest BCUT2D eigenvalue weighted by Gasteiger charge is 2.23. The minimum Gasteiger partial charge on any atom is -0.449 e. The molecule has 1 aromatic carbocycles. The van der Waals surface area contributed by atoms with Crippen molar-refractivity contribution in [2.75, 3.05) is 5.75 Å². The molecule has 0 aromatic heterocycles. The van der Waals surface area contributed by atoms with Gasteiger partial charge in [0, 0.05) is 5.54 Å². The average Bonchev–Trinajstić information content (AvgIpc) is 2.45. The Morgan fingerprint density at radius 1 is 1.24 bits per heavy atom. The lowest BCUT2D eigenvalue weighted by molar-refractivity contribution is -0.130. The van der Waals surface area contributed by atoms with Crippen LogP contribution in [0.3, 0.4) is 0 Å². The van der Waals surface area contributed by atoms with Gasteiger partial charge in [-0.2, -0.15) is 5.26 Å². The summed E-state index contributed by atoms with van der Waals surface area (Å²) in [6.45, 7) is 6.93. The van der Waals surface area contributed by atoms with Gasteiger partial charge in [-0.1, -0.05) is 12.1 Å². The van der Waals surface area contributed by atoms with Crippen molar-refractivity contribution in [2.24, 2.45) is 0 Å². The molecule has 0 aliphatic heterocycles. The van der Waals surface area contributed by atoms with Crippen molar-refractivity contribution in [3.05, 3.63) is 35.4 Å². The maximum Gasteiger partial charge on any atom is 0.338 e. The molecule has 1 aromatic rings. The molecule has 0 bridgehead atoms. The molecule has 0 unspecified atom stereocenters. The minimum absolute atomic E-state index is 0.205. The molecule has 1 N–H and O–H groups in total. The highest BCUT2D eigenvalue weighted by Crippen LogP contribution is 2.11. The van der Waals surface area contributed by atoms with Gasteiger partial charge in [0.1, 0.15) is 5.75 Å². The molecule has 0 aliphatic carbocycles. The van der Waals surface area contributed by atoms with Gasteiger partial charge in [-0.25, -0.2) is 13.2 Å². The maximum atomic E-state index is 12.1. The summed E-state index contributed by atoms with van der Waals surface area (Å²) >= 11 is 0. The quantitative estimate of drug-likeness (QED) is 0.765. The highest BCUT2D eigenvalue weighted by atomic mass is 32.2. The van der Waals surface area contributed by atoms with E-state index in [1.54, 1.807) is 6.07 Å². The molecule has 136 valence electrons. The SMILES string of the molecule is C[C@H](OC(=O)c1ccc(CS(=O)(=O)CC#N)cc1)C(=O)NC(C)(C)C. The minimum atomic E-state index is -3.50. The lowest BCUT2D eigenvalue weighted by Crippen LogP contribution is -2.46. The third kappa shape index (κ3) is 7.35. The van der Waals surface area contributed by atoms with Crippen LogP contribution in [0, 0.1) is 11.3 Å². The molecule has 0 saturated heterocycles. The number of hydrogen-bond donors (Lipinski definition) is 1. The van der Waals surface area contributed by atoms with E-state index in [9.17, 15) is 18.0 Å². The van der Waals surface area contributed by atoms with E-state index in [4.69, 9.17) is 10.00 Å². The Hall–Kier alpha value is -2.40. The van der Waals surface area contributed by atoms with Crippen LogP contribution in [0.2, 0.25) is 0 Å². The van der Waals surface area contributed by atoms with Crippen molar-refractivity contribution in [3.63, 3.8) is 0 Å². The fourth-order valence-electron chi connectivity index (χ4n) is 1.89. The number of carbonyl (C=O) groups is 2. The second kappa shape index (κ2) is 8.12. The predicted molar refractivity (Wildman–Crippen MR) is 92.3 cm³/mol. The summed E-state index contributed by atoms with van der Waals surface area (Å²) in [6, 6.07) is 7.41. The van der Waals surface area contributed by atoms with Crippen LogP contribution in [0.5, 0.6) is 0 Å². The number of nitrogens with one attached hydrogen (secondary N) is 1. The molecule has 1 rings (SSSR count). The number of nitriles is 1. The van der Waals surface area contributed by atoms with E-state index in [1.165, 1.54) is 31.2 Å². The topological polar surface area (TPSA) is 113 Å². The van der Waals surface area contributed by atoms with Crippen LogP contribution >= 0.6 is 0 Å². The van der Waals surface area contributed by atoms with Crippen LogP contribution in [-0.4, -0.2) is 37.7 Å². The molecule has 25 heavy (non-hydrogen) atoms. The summed E-state index contributed by atoms with van der Waals surface area (Å²) < 4.78 is 28.3. The van der Waals surface area contributed by atoms with E-state index in [2.05, 4.69) is 5.32 Å². The van der Waals surface area contributed by atoms with Crippen molar-refractivity contribution in [3.8, 4) is 6.07 Å². The first-order chi connectivity index (χ1) is 11.4. The number of sulfone groups is 1. The lowest BCUT2D eigenvalue weighted by Gasteiger charge is -2.23. The maximum absolute atomic E-state index is 12.1. The molecule has 8 heteroatoms. The van der Waals surface area contributed by atoms with Crippen LogP contribution in [0.1, 0.15) is 43.6 Å². The van der Waals surface area contributed by atoms with Crippen molar-refractivity contribution in [1.82, 2.24) is 5.32 Å². The molecule has 1 atom stereocenters. The Bertz CT molecular complexity index is 771. The first-order valence-corrected chi connectivity index (χ1v) is 9.45. The predicted octanol–water partition coefficient (Wildman–Crippen LogP) is 1.58. The van der Waals surface area contributed by atoms with E-state index in [0.29, 0.717) is 5.56 Å². The largest absolute Gasteiger partial charge is 0.449 e. The smallest absolute Gasteiger partial charge is 0.338 e. The van der Waals surface area contributed by atoms with Gasteiger partial charge in [0.15, 0.2) is 15.9 Å². The Kier molecular flexibility index (Phi) is 6.70. The van der Waals surface area contributed by atoms with Gasteiger partial charge in [0.05, 0.1) is 17.4 Å². The molecule has 0 heterocycles. The van der Waals surface area contributed by atoms with Gasteiger partial charge in [-0.05, 0) is 45.4 Å². The number of benzene rings is 1. The fourth-order valence-corrected chi connectivity index (χ4v) is 2.89. The zero-order valence-electron chi connectivity index (χ0n) is 14.7. The van der Waals surface area contributed by atoms with E-state index >= 15 is 0 Å². The summed E-state index contributed by atoms with van der Waals surface area (Å²) in [4.78, 5) is 24.0. The van der Waals surface area contributed by atoms with E-state index < -0.39 is 39.1 Å². The highest BCUT2D eigenvalue weighted by molar-refractivity contribution is 7.90. The number of nitrogens with zero attached hydrogens (tertiary/aromatic N) is 1. The van der Waals surface area contributed by atoms with E-state index in [-0.39, 0.29) is 11.3 Å². The Morgan fingerprint density at radius 3 is 2.28 bits per heavy atom. The Balaban J connectivity index is 2.71. The fraction of sp³-hybridized carbons (Fsp3) is 0.471. The monoisotopic (exact) mass is 366 g/mol. The van der Waals surface area contributed by atoms with Crippen LogP contribution in [0.15, 0.2) is 24.3 Å². The number of amides is 1. The second-order valence-corrected chi connectivity index (χ2v) is 8.74. The molecule has 0 spiro atoms. The first-order valence-electron chi connectivity index (χ1n) is 7.63. The molecule has 0 saturated carbocycles. The lowest BCUT2D eigenvalue weighted by atomic mass is 10.1. The van der Waals surface area contributed by atoms with Crippen molar-refractivity contribution in [2.45, 2.75) is 45.1 Å². The number of rotatable bonds is 6. The van der Waals surface area contributed by atoms with Crippen LogP contribution in [0.4, 0.5) is 0 Å². The second-order valence-electron chi connectivity index (χ2n) is 6.67. The van der Waals surface area contributed by atoms with Gasteiger partial charge >= 0.3 is 5.97 Å². The molecule has 0 fully saturated rings. The van der Waals surface area contributed by atoms with E-state index in [0.717, 1.165) is 0 Å². The standard InChI is InChI=1S/C17H22N2O5S/c1-12(15(20)19-17(2,3)4)24-16(21)14-7-5-13(6-8-14)11-25(22,23)10-9-18/h5-8,12H,10-11H2,1-4H3,(H,19,20)/t12-/m0/s1. The van der Waals surface area contributed by atoms with E-state index in [1.807, 2.05) is 20.8 Å². The molecule has 1 amide bonds. The molecular formula is C17H22N2O5S. The van der Waals surface area contributed by atoms with Crippen molar-refractivity contribution in [1.29, 1.82) is 5.26 Å². The Morgan fingerprint density at radius 2 is 1.80 bits per heavy atom. The van der Waals surface area contributed by atoms with Crippen LogP contribution < -0.4 is 5.32 Å². The summed E-state index contributed by atoms with van der Waals surface area (Å²) in [5, 5.41) is 11.2. The molecule has 0 aliphatic rings. The third-order valence-electron chi connectivity index (χ3n) is 3.01.